The third-order valence-electron chi connectivity index (χ3n) is 2.25. The van der Waals surface area contributed by atoms with Crippen LogP contribution in [0.3, 0.4) is 0 Å². The average Bonchev–Trinajstić information content (AvgIpc) is 2.25. The number of hydrogen-bond acceptors (Lipinski definition) is 2. The fourth-order valence-corrected chi connectivity index (χ4v) is 1.86. The van der Waals surface area contributed by atoms with Gasteiger partial charge in [-0.05, 0) is 30.5 Å². The highest BCUT2D eigenvalue weighted by molar-refractivity contribution is 6.35. The summed E-state index contributed by atoms with van der Waals surface area (Å²) in [5.41, 5.74) is 0.880. The summed E-state index contributed by atoms with van der Waals surface area (Å²) in [6.07, 6.45) is -0.869. The predicted molar refractivity (Wildman–Crippen MR) is 66.8 cm³/mol. The molecule has 1 rings (SSSR count). The van der Waals surface area contributed by atoms with E-state index in [1.54, 1.807) is 18.2 Å². The van der Waals surface area contributed by atoms with E-state index in [9.17, 15) is 9.90 Å². The van der Waals surface area contributed by atoms with Crippen LogP contribution in [0.5, 0.6) is 0 Å². The molecular formula is C11H13Cl2NO3. The molecule has 0 spiro atoms. The summed E-state index contributed by atoms with van der Waals surface area (Å²) in [6, 6.07) is 5.16. The molecule has 0 aliphatic rings. The van der Waals surface area contributed by atoms with Crippen molar-refractivity contribution in [3.05, 3.63) is 33.8 Å². The standard InChI is InChI=1S/C11H13Cl2NO3/c12-8-3-1-7(10(13)5-8)2-4-9(15)6-14-11(16)17/h1,3,5,9,14-15H,2,4,6H2,(H,16,17). The molecule has 0 radical (unpaired) electrons. The van der Waals surface area contributed by atoms with Crippen molar-refractivity contribution in [1.29, 1.82) is 0 Å². The summed E-state index contributed by atoms with van der Waals surface area (Å²) in [4.78, 5) is 10.2. The van der Waals surface area contributed by atoms with Crippen LogP contribution in [0.2, 0.25) is 10.0 Å². The van der Waals surface area contributed by atoms with Crippen LogP contribution < -0.4 is 5.32 Å². The second kappa shape index (κ2) is 6.69. The third-order valence-corrected chi connectivity index (χ3v) is 2.84. The summed E-state index contributed by atoms with van der Waals surface area (Å²) in [5, 5.41) is 21.1. The van der Waals surface area contributed by atoms with Gasteiger partial charge < -0.3 is 15.5 Å². The van der Waals surface area contributed by atoms with Crippen molar-refractivity contribution >= 4 is 29.3 Å². The highest BCUT2D eigenvalue weighted by atomic mass is 35.5. The molecule has 1 amide bonds. The minimum Gasteiger partial charge on any atom is -0.465 e. The Morgan fingerprint density at radius 1 is 1.41 bits per heavy atom. The Bertz CT molecular complexity index is 398. The molecule has 94 valence electrons. The average molecular weight is 278 g/mol. The van der Waals surface area contributed by atoms with E-state index in [0.717, 1.165) is 5.56 Å². The van der Waals surface area contributed by atoms with Crippen molar-refractivity contribution in [2.24, 2.45) is 0 Å². The van der Waals surface area contributed by atoms with Gasteiger partial charge in [0.15, 0.2) is 0 Å². The molecule has 0 aromatic heterocycles. The van der Waals surface area contributed by atoms with Crippen molar-refractivity contribution in [3.63, 3.8) is 0 Å². The lowest BCUT2D eigenvalue weighted by atomic mass is 10.1. The number of carbonyl (C=O) groups is 1. The maximum atomic E-state index is 10.2. The lowest BCUT2D eigenvalue weighted by molar-refractivity contribution is 0.150. The Hall–Kier alpha value is -0.970. The normalized spacial score (nSPS) is 12.2. The highest BCUT2D eigenvalue weighted by Gasteiger charge is 2.08. The number of aliphatic hydroxyl groups excluding tert-OH is 1. The molecule has 0 aliphatic heterocycles. The molecule has 0 saturated heterocycles. The molecule has 6 heteroatoms. The van der Waals surface area contributed by atoms with Gasteiger partial charge in [-0.15, -0.1) is 0 Å². The number of nitrogens with one attached hydrogen (secondary N) is 1. The molecule has 1 aromatic rings. The van der Waals surface area contributed by atoms with Crippen LogP contribution >= 0.6 is 23.2 Å². The number of aryl methyl sites for hydroxylation is 1. The lowest BCUT2D eigenvalue weighted by Gasteiger charge is -2.11. The smallest absolute Gasteiger partial charge is 0.404 e. The summed E-state index contributed by atoms with van der Waals surface area (Å²) in [7, 11) is 0. The number of halogens is 2. The molecule has 0 saturated carbocycles. The molecule has 0 heterocycles. The highest BCUT2D eigenvalue weighted by Crippen LogP contribution is 2.22. The number of hydrogen-bond donors (Lipinski definition) is 3. The van der Waals surface area contributed by atoms with Crippen LogP contribution in [0, 0.1) is 0 Å². The molecule has 0 fully saturated rings. The predicted octanol–water partition coefficient (Wildman–Crippen LogP) is 2.55. The summed E-state index contributed by atoms with van der Waals surface area (Å²) in [6.45, 7) is 0.0144. The lowest BCUT2D eigenvalue weighted by Crippen LogP contribution is -2.31. The molecule has 3 N–H and O–H groups in total. The first kappa shape index (κ1) is 14.1. The van der Waals surface area contributed by atoms with Gasteiger partial charge in [-0.3, -0.25) is 0 Å². The van der Waals surface area contributed by atoms with Gasteiger partial charge in [0.2, 0.25) is 0 Å². The second-order valence-electron chi connectivity index (χ2n) is 3.61. The van der Waals surface area contributed by atoms with Crippen LogP contribution in [0.25, 0.3) is 0 Å². The molecule has 0 aliphatic carbocycles. The number of benzene rings is 1. The zero-order chi connectivity index (χ0) is 12.8. The van der Waals surface area contributed by atoms with Gasteiger partial charge in [-0.2, -0.15) is 0 Å². The van der Waals surface area contributed by atoms with Crippen LogP contribution in [0.4, 0.5) is 4.79 Å². The second-order valence-corrected chi connectivity index (χ2v) is 4.46. The fraction of sp³-hybridized carbons (Fsp3) is 0.364. The summed E-state index contributed by atoms with van der Waals surface area (Å²) >= 11 is 11.7. The van der Waals surface area contributed by atoms with Gasteiger partial charge in [-0.1, -0.05) is 29.3 Å². The Kier molecular flexibility index (Phi) is 5.55. The topological polar surface area (TPSA) is 69.6 Å². The molecule has 17 heavy (non-hydrogen) atoms. The third kappa shape index (κ3) is 5.26. The first-order valence-electron chi connectivity index (χ1n) is 5.08. The first-order valence-corrected chi connectivity index (χ1v) is 5.83. The molecule has 1 aromatic carbocycles. The number of carboxylic acid groups (broad SMARTS) is 1. The van der Waals surface area contributed by atoms with Crippen molar-refractivity contribution in [2.45, 2.75) is 18.9 Å². The molecule has 1 atom stereocenters. The van der Waals surface area contributed by atoms with Crippen LogP contribution in [-0.2, 0) is 6.42 Å². The van der Waals surface area contributed by atoms with E-state index in [1.807, 2.05) is 0 Å². The quantitative estimate of drug-likeness (QED) is 0.775. The van der Waals surface area contributed by atoms with Crippen molar-refractivity contribution < 1.29 is 15.0 Å². The van der Waals surface area contributed by atoms with Gasteiger partial charge in [0.25, 0.3) is 0 Å². The maximum absolute atomic E-state index is 10.2. The molecule has 1 unspecified atom stereocenters. The molecule has 4 nitrogen and oxygen atoms in total. The maximum Gasteiger partial charge on any atom is 0.404 e. The first-order chi connectivity index (χ1) is 7.99. The monoisotopic (exact) mass is 277 g/mol. The van der Waals surface area contributed by atoms with Crippen LogP contribution in [-0.4, -0.2) is 29.0 Å². The summed E-state index contributed by atoms with van der Waals surface area (Å²) in [5.74, 6) is 0. The zero-order valence-electron chi connectivity index (χ0n) is 8.99. The van der Waals surface area contributed by atoms with E-state index >= 15 is 0 Å². The zero-order valence-corrected chi connectivity index (χ0v) is 10.5. The van der Waals surface area contributed by atoms with Gasteiger partial charge in [0, 0.05) is 16.6 Å². The van der Waals surface area contributed by atoms with Crippen molar-refractivity contribution in [3.8, 4) is 0 Å². The van der Waals surface area contributed by atoms with Crippen molar-refractivity contribution in [1.82, 2.24) is 5.32 Å². The van der Waals surface area contributed by atoms with E-state index in [1.165, 1.54) is 0 Å². The number of amides is 1. The van der Waals surface area contributed by atoms with E-state index in [4.69, 9.17) is 28.3 Å². The van der Waals surface area contributed by atoms with Gasteiger partial charge in [-0.25, -0.2) is 4.79 Å². The van der Waals surface area contributed by atoms with E-state index in [2.05, 4.69) is 5.32 Å². The number of rotatable bonds is 5. The van der Waals surface area contributed by atoms with Gasteiger partial charge >= 0.3 is 6.09 Å². The Morgan fingerprint density at radius 2 is 2.12 bits per heavy atom. The van der Waals surface area contributed by atoms with Gasteiger partial charge in [0.05, 0.1) is 6.10 Å². The minimum absolute atomic E-state index is 0.0144. The van der Waals surface area contributed by atoms with Crippen LogP contribution in [0.1, 0.15) is 12.0 Å². The Morgan fingerprint density at radius 3 is 2.71 bits per heavy atom. The molecular weight excluding hydrogens is 265 g/mol. The van der Waals surface area contributed by atoms with E-state index < -0.39 is 12.2 Å². The number of aliphatic hydroxyl groups is 1. The largest absolute Gasteiger partial charge is 0.465 e. The Labute approximate surface area is 109 Å². The molecule has 0 bridgehead atoms. The SMILES string of the molecule is O=C(O)NCC(O)CCc1ccc(Cl)cc1Cl. The fourth-order valence-electron chi connectivity index (χ4n) is 1.35. The van der Waals surface area contributed by atoms with E-state index in [0.29, 0.717) is 22.9 Å². The van der Waals surface area contributed by atoms with Gasteiger partial charge in [0.1, 0.15) is 0 Å². The Balaban J connectivity index is 2.41. The minimum atomic E-state index is -1.14. The van der Waals surface area contributed by atoms with E-state index in [-0.39, 0.29) is 6.54 Å². The van der Waals surface area contributed by atoms with Crippen molar-refractivity contribution in [2.75, 3.05) is 6.54 Å². The summed E-state index contributed by atoms with van der Waals surface area (Å²) < 4.78 is 0. The van der Waals surface area contributed by atoms with Crippen LogP contribution in [0.15, 0.2) is 18.2 Å².